The second kappa shape index (κ2) is 14.8. The molecule has 123 valence electrons. The smallest absolute Gasteiger partial charge is 0.204 e. The first kappa shape index (κ1) is 30.5. The van der Waals surface area contributed by atoms with E-state index in [1.807, 2.05) is 0 Å². The zero-order valence-corrected chi connectivity index (χ0v) is 18.8. The van der Waals surface area contributed by atoms with E-state index in [0.29, 0.717) is 30.2 Å². The molecule has 23 heavy (non-hydrogen) atoms. The molecule has 0 spiro atoms. The van der Waals surface area contributed by atoms with Crippen LogP contribution in [0.25, 0.3) is 0 Å². The normalized spacial score (nSPS) is 22.6. The van der Waals surface area contributed by atoms with Gasteiger partial charge in [-0.2, -0.15) is 12.8 Å². The molecule has 0 heterocycles. The summed E-state index contributed by atoms with van der Waals surface area (Å²) in [6.45, 7) is 0. The van der Waals surface area contributed by atoms with Gasteiger partial charge < -0.3 is 0 Å². The van der Waals surface area contributed by atoms with Gasteiger partial charge in [0, 0.05) is 37.9 Å². The van der Waals surface area contributed by atoms with E-state index in [2.05, 4.69) is 0 Å². The first-order valence-electron chi connectivity index (χ1n) is 5.05. The molecule has 2 aliphatic rings. The summed E-state index contributed by atoms with van der Waals surface area (Å²) in [5, 5.41) is 2.09. The number of rotatable bonds is 0. The maximum Gasteiger partial charge on any atom is 1.00 e. The molecule has 1 radical (unpaired) electrons. The Morgan fingerprint density at radius 2 is 0.913 bits per heavy atom. The molecule has 2 atom stereocenters. The fourth-order valence-electron chi connectivity index (χ4n) is 1.11. The zero-order valence-electron chi connectivity index (χ0n) is 11.8. The van der Waals surface area contributed by atoms with E-state index in [1.54, 1.807) is 25.0 Å². The van der Waals surface area contributed by atoms with Crippen molar-refractivity contribution in [2.75, 3.05) is 0 Å². The fourth-order valence-corrected chi connectivity index (χ4v) is 2.80. The maximum atomic E-state index is 5.69. The Bertz CT molecular complexity index is 469. The molecule has 2 unspecified atom stereocenters. The standard InChI is InChI=1S/2C6H3Cl4.Cu.2Li/c2*7-3-1-4(8)6(10)2-5(3)9;;;/h2*1-3H;;;/q2*-1;;2*+1. The third-order valence-corrected chi connectivity index (χ3v) is 5.21. The molecule has 0 aromatic rings. The molecule has 0 amide bonds. The monoisotopic (exact) mass is 507 g/mol. The van der Waals surface area contributed by atoms with E-state index < -0.39 is 0 Å². The van der Waals surface area contributed by atoms with Crippen LogP contribution in [0.3, 0.4) is 0 Å². The molecule has 0 bridgehead atoms. The first-order valence-corrected chi connectivity index (χ1v) is 8.19. The summed E-state index contributed by atoms with van der Waals surface area (Å²) in [5.41, 5.74) is 0. The van der Waals surface area contributed by atoms with E-state index in [0.717, 1.165) is 0 Å². The Kier molecular flexibility index (Phi) is 19.5. The molecule has 11 heteroatoms. The fraction of sp³-hybridized carbons (Fsp3) is 0.167. The molecule has 0 aromatic carbocycles. The molecule has 0 aromatic heterocycles. The van der Waals surface area contributed by atoms with Crippen molar-refractivity contribution in [3.05, 3.63) is 55.2 Å². The van der Waals surface area contributed by atoms with Gasteiger partial charge in [-0.05, 0) is 0 Å². The quantitative estimate of drug-likeness (QED) is 0.261. The van der Waals surface area contributed by atoms with Crippen LogP contribution in [0.2, 0.25) is 0 Å². The Labute approximate surface area is 211 Å². The second-order valence-electron chi connectivity index (χ2n) is 3.59. The molecule has 2 rings (SSSR count). The van der Waals surface area contributed by atoms with Gasteiger partial charge in [0.1, 0.15) is 0 Å². The average molecular weight is 511 g/mol. The van der Waals surface area contributed by atoms with Gasteiger partial charge in [-0.3, -0.25) is 0 Å². The van der Waals surface area contributed by atoms with Crippen LogP contribution in [0.15, 0.2) is 42.3 Å². The molecular formula is C12H6Cl8CuLi2. The molecule has 0 saturated carbocycles. The minimum atomic E-state index is -0.336. The zero-order chi connectivity index (χ0) is 15.4. The first-order chi connectivity index (χ1) is 9.22. The van der Waals surface area contributed by atoms with Gasteiger partial charge in [0.15, 0.2) is 0 Å². The van der Waals surface area contributed by atoms with Crippen molar-refractivity contribution in [3.63, 3.8) is 0 Å². The minimum absolute atomic E-state index is 0. The van der Waals surface area contributed by atoms with Crippen molar-refractivity contribution in [2.45, 2.75) is 10.8 Å². The van der Waals surface area contributed by atoms with Crippen molar-refractivity contribution >= 4 is 92.8 Å². The Morgan fingerprint density at radius 1 is 0.652 bits per heavy atom. The van der Waals surface area contributed by atoms with Gasteiger partial charge in [-0.1, -0.05) is 33.3 Å². The summed E-state index contributed by atoms with van der Waals surface area (Å²) in [5.74, 6) is 0. The van der Waals surface area contributed by atoms with Crippen molar-refractivity contribution < 1.29 is 54.8 Å². The topological polar surface area (TPSA) is 0 Å². The largest absolute Gasteiger partial charge is 1.00 e. The van der Waals surface area contributed by atoms with Crippen LogP contribution in [-0.4, -0.2) is 10.8 Å². The van der Waals surface area contributed by atoms with Crippen LogP contribution >= 0.6 is 92.8 Å². The molecule has 0 aliphatic heterocycles. The average Bonchev–Trinajstić information content (AvgIpc) is 2.35. The summed E-state index contributed by atoms with van der Waals surface area (Å²) >= 11 is 45.2. The van der Waals surface area contributed by atoms with Gasteiger partial charge in [-0.25, -0.2) is 23.2 Å². The molecule has 2 aliphatic carbocycles. The molecular weight excluding hydrogens is 505 g/mol. The van der Waals surface area contributed by atoms with Crippen molar-refractivity contribution in [3.8, 4) is 0 Å². The van der Waals surface area contributed by atoms with Gasteiger partial charge in [-0.15, -0.1) is 68.6 Å². The van der Waals surface area contributed by atoms with Gasteiger partial charge in [0.2, 0.25) is 0 Å². The van der Waals surface area contributed by atoms with Crippen LogP contribution in [0, 0.1) is 12.8 Å². The summed E-state index contributed by atoms with van der Waals surface area (Å²) in [4.78, 5) is 0. The van der Waals surface area contributed by atoms with E-state index >= 15 is 0 Å². The number of alkyl halides is 2. The third kappa shape index (κ3) is 10.6. The number of allylic oxidation sites excluding steroid dienone is 8. The summed E-state index contributed by atoms with van der Waals surface area (Å²) < 4.78 is 0. The van der Waals surface area contributed by atoms with Gasteiger partial charge >= 0.3 is 37.7 Å². The number of hydrogen-bond donors (Lipinski definition) is 0. The number of hydrogen-bond acceptors (Lipinski definition) is 0. The SMILES string of the molecule is ClC1=CC(Cl)=C(Cl)[CH-]C1Cl.ClC1=CC(Cl)=C(Cl)[CH-]C1Cl.[Cu].[Li+].[Li+]. The Morgan fingerprint density at radius 3 is 1.13 bits per heavy atom. The van der Waals surface area contributed by atoms with Crippen LogP contribution in [0.5, 0.6) is 0 Å². The summed E-state index contributed by atoms with van der Waals surface area (Å²) in [6.07, 6.45) is 6.27. The van der Waals surface area contributed by atoms with Gasteiger partial charge in [0.25, 0.3) is 0 Å². The number of halogens is 8. The molecule has 0 N–H and O–H groups in total. The van der Waals surface area contributed by atoms with Crippen molar-refractivity contribution in [1.82, 2.24) is 0 Å². The van der Waals surface area contributed by atoms with Crippen molar-refractivity contribution in [2.24, 2.45) is 0 Å². The van der Waals surface area contributed by atoms with E-state index in [1.165, 1.54) is 0 Å². The van der Waals surface area contributed by atoms with E-state index in [9.17, 15) is 0 Å². The van der Waals surface area contributed by atoms with Crippen LogP contribution in [-0.2, 0) is 17.1 Å². The van der Waals surface area contributed by atoms with Crippen LogP contribution in [0.1, 0.15) is 0 Å². The predicted octanol–water partition coefficient (Wildman–Crippen LogP) is 1.25. The van der Waals surface area contributed by atoms with Crippen LogP contribution in [0.4, 0.5) is 0 Å². The summed E-state index contributed by atoms with van der Waals surface area (Å²) in [7, 11) is 0. The predicted molar refractivity (Wildman–Crippen MR) is 93.2 cm³/mol. The summed E-state index contributed by atoms with van der Waals surface area (Å²) in [6, 6.07) is 0. The van der Waals surface area contributed by atoms with E-state index in [4.69, 9.17) is 92.8 Å². The second-order valence-corrected chi connectivity index (χ2v) is 7.03. The molecule has 0 fully saturated rings. The Balaban J connectivity index is -0.000000308. The molecule has 0 nitrogen and oxygen atoms in total. The minimum Gasteiger partial charge on any atom is -0.204 e. The van der Waals surface area contributed by atoms with E-state index in [-0.39, 0.29) is 65.5 Å². The Hall–Kier alpha value is 2.73. The van der Waals surface area contributed by atoms with Gasteiger partial charge in [0.05, 0.1) is 0 Å². The maximum absolute atomic E-state index is 5.69. The third-order valence-electron chi connectivity index (χ3n) is 2.10. The van der Waals surface area contributed by atoms with Crippen LogP contribution < -0.4 is 37.7 Å². The van der Waals surface area contributed by atoms with Crippen molar-refractivity contribution in [1.29, 1.82) is 0 Å². The molecule has 0 saturated heterocycles.